The summed E-state index contributed by atoms with van der Waals surface area (Å²) in [6.07, 6.45) is 0. The van der Waals surface area contributed by atoms with Gasteiger partial charge in [-0.25, -0.2) is 19.3 Å². The Morgan fingerprint density at radius 2 is 1.91 bits per heavy atom. The summed E-state index contributed by atoms with van der Waals surface area (Å²) in [6.45, 7) is 3.98. The minimum Gasteiger partial charge on any atom is -0.480 e. The smallest absolute Gasteiger partial charge is 0.327 e. The number of carboxylic acids is 1. The van der Waals surface area contributed by atoms with Crippen molar-refractivity contribution in [3.8, 4) is 0 Å². The molecule has 3 heterocycles. The van der Waals surface area contributed by atoms with Crippen LogP contribution in [0.25, 0.3) is 0 Å². The number of imide groups is 1. The Morgan fingerprint density at radius 1 is 1.22 bits per heavy atom. The molecule has 170 valence electrons. The van der Waals surface area contributed by atoms with Gasteiger partial charge in [0.05, 0.1) is 0 Å². The second-order valence-electron chi connectivity index (χ2n) is 8.26. The summed E-state index contributed by atoms with van der Waals surface area (Å²) in [5.41, 5.74) is 0.476. The molecule has 0 spiro atoms. The predicted octanol–water partition coefficient (Wildman–Crippen LogP) is 0.0942. The molecule has 3 fully saturated rings. The molecule has 3 aliphatic heterocycles. The molecule has 0 radical (unpaired) electrons. The Morgan fingerprint density at radius 3 is 2.50 bits per heavy atom. The van der Waals surface area contributed by atoms with Crippen molar-refractivity contribution in [2.24, 2.45) is 0 Å². The lowest BCUT2D eigenvalue weighted by Crippen LogP contribution is -2.71. The van der Waals surface area contributed by atoms with Gasteiger partial charge < -0.3 is 26.0 Å². The van der Waals surface area contributed by atoms with Gasteiger partial charge in [0.25, 0.3) is 0 Å². The van der Waals surface area contributed by atoms with Crippen molar-refractivity contribution in [1.29, 1.82) is 0 Å². The molecule has 0 unspecified atom stereocenters. The molecule has 1 aromatic carbocycles. The van der Waals surface area contributed by atoms with Crippen LogP contribution < -0.4 is 16.0 Å². The summed E-state index contributed by atoms with van der Waals surface area (Å²) in [5, 5.41) is 16.8. The van der Waals surface area contributed by atoms with Gasteiger partial charge in [0, 0.05) is 17.8 Å². The Balaban J connectivity index is 1.51. The van der Waals surface area contributed by atoms with E-state index in [4.69, 9.17) is 0 Å². The van der Waals surface area contributed by atoms with E-state index in [2.05, 4.69) is 16.0 Å². The molecule has 0 bridgehead atoms. The van der Waals surface area contributed by atoms with Crippen LogP contribution >= 0.6 is 11.8 Å². The number of β-lactam (4-membered cyclic amide) rings is 1. The normalized spacial score (nSPS) is 26.6. The highest BCUT2D eigenvalue weighted by Gasteiger charge is 2.64. The van der Waals surface area contributed by atoms with Gasteiger partial charge in [-0.3, -0.25) is 9.59 Å². The maximum atomic E-state index is 13.1. The van der Waals surface area contributed by atoms with Gasteiger partial charge in [0.2, 0.25) is 11.8 Å². The van der Waals surface area contributed by atoms with Crippen LogP contribution in [0.4, 0.5) is 9.59 Å². The van der Waals surface area contributed by atoms with Crippen molar-refractivity contribution in [3.05, 3.63) is 35.9 Å². The molecule has 0 aromatic heterocycles. The van der Waals surface area contributed by atoms with Crippen molar-refractivity contribution in [2.45, 2.75) is 42.1 Å². The second kappa shape index (κ2) is 8.01. The number of benzene rings is 1. The standard InChI is InChI=1S/C20H23N5O6S/c1-20(2)13(17(28)29)25-15(27)12(16(25)32-20)22-14(26)11(10-6-4-3-5-7-10)23-19(31)24-9-8-21-18(24)30/h3-7,11-13,16H,8-9H2,1-2H3,(H,21,30)(H,22,26)(H,23,31)(H,28,29)/t11-,12+,13+,16-/m0/s1. The number of carboxylic acid groups (broad SMARTS) is 1. The number of aliphatic carboxylic acids is 1. The molecule has 6 amide bonds. The molecule has 0 saturated carbocycles. The summed E-state index contributed by atoms with van der Waals surface area (Å²) in [5.74, 6) is -2.20. The number of amides is 6. The quantitative estimate of drug-likeness (QED) is 0.454. The molecule has 4 N–H and O–H groups in total. The number of urea groups is 2. The maximum Gasteiger partial charge on any atom is 0.327 e. The minimum atomic E-state index is -1.14. The summed E-state index contributed by atoms with van der Waals surface area (Å²) in [6, 6.07) is 4.14. The van der Waals surface area contributed by atoms with Crippen LogP contribution in [0.3, 0.4) is 0 Å². The predicted molar refractivity (Wildman–Crippen MR) is 113 cm³/mol. The highest BCUT2D eigenvalue weighted by molar-refractivity contribution is 8.01. The number of carbonyl (C=O) groups is 5. The molecule has 32 heavy (non-hydrogen) atoms. The van der Waals surface area contributed by atoms with Crippen LogP contribution in [0.15, 0.2) is 30.3 Å². The number of fused-ring (bicyclic) bond motifs is 1. The van der Waals surface area contributed by atoms with Crippen LogP contribution in [-0.4, -0.2) is 80.0 Å². The number of hydrogen-bond acceptors (Lipinski definition) is 6. The van der Waals surface area contributed by atoms with Crippen molar-refractivity contribution >= 4 is 41.6 Å². The number of thioether (sulfide) groups is 1. The lowest BCUT2D eigenvalue weighted by molar-refractivity contribution is -0.161. The molecule has 11 nitrogen and oxygen atoms in total. The third-order valence-electron chi connectivity index (χ3n) is 5.74. The fourth-order valence-corrected chi connectivity index (χ4v) is 5.82. The van der Waals surface area contributed by atoms with E-state index in [1.165, 1.54) is 16.7 Å². The molecule has 12 heteroatoms. The van der Waals surface area contributed by atoms with Crippen LogP contribution in [-0.2, 0) is 14.4 Å². The zero-order valence-electron chi connectivity index (χ0n) is 17.4. The molecule has 3 aliphatic rings. The fourth-order valence-electron chi connectivity index (χ4n) is 4.19. The Hall–Kier alpha value is -3.28. The summed E-state index contributed by atoms with van der Waals surface area (Å²) < 4.78 is -0.720. The van der Waals surface area contributed by atoms with Crippen molar-refractivity contribution in [1.82, 2.24) is 25.8 Å². The summed E-state index contributed by atoms with van der Waals surface area (Å²) in [4.78, 5) is 64.2. The van der Waals surface area contributed by atoms with Crippen molar-refractivity contribution in [3.63, 3.8) is 0 Å². The zero-order chi connectivity index (χ0) is 23.2. The second-order valence-corrected chi connectivity index (χ2v) is 10.0. The monoisotopic (exact) mass is 461 g/mol. The Labute approximate surface area is 187 Å². The lowest BCUT2D eigenvalue weighted by Gasteiger charge is -2.44. The van der Waals surface area contributed by atoms with E-state index in [0.29, 0.717) is 12.1 Å². The minimum absolute atomic E-state index is 0.175. The molecular weight excluding hydrogens is 438 g/mol. The van der Waals surface area contributed by atoms with E-state index in [1.807, 2.05) is 0 Å². The molecular formula is C20H23N5O6S. The molecule has 1 aromatic rings. The molecule has 4 atom stereocenters. The highest BCUT2D eigenvalue weighted by Crippen LogP contribution is 2.50. The topological polar surface area (TPSA) is 148 Å². The first-order valence-electron chi connectivity index (χ1n) is 10.1. The van der Waals surface area contributed by atoms with Gasteiger partial charge in [-0.15, -0.1) is 11.8 Å². The van der Waals surface area contributed by atoms with Gasteiger partial charge in [0.15, 0.2) is 0 Å². The third-order valence-corrected chi connectivity index (χ3v) is 7.31. The average molecular weight is 462 g/mol. The summed E-state index contributed by atoms with van der Waals surface area (Å²) >= 11 is 1.31. The third kappa shape index (κ3) is 3.64. The van der Waals surface area contributed by atoms with Crippen LogP contribution in [0, 0.1) is 0 Å². The molecule has 4 rings (SSSR count). The lowest BCUT2D eigenvalue weighted by atomic mass is 9.95. The SMILES string of the molecule is CC1(C)S[C@H]2[C@H](NC(=O)[C@@H](NC(=O)N3CCNC3=O)c3ccccc3)C(=O)N2[C@@H]1C(=O)O. The van der Waals surface area contributed by atoms with E-state index >= 15 is 0 Å². The van der Waals surface area contributed by atoms with Gasteiger partial charge in [-0.1, -0.05) is 30.3 Å². The van der Waals surface area contributed by atoms with Crippen LogP contribution in [0.2, 0.25) is 0 Å². The van der Waals surface area contributed by atoms with Gasteiger partial charge in [-0.05, 0) is 19.4 Å². The Kier molecular flexibility index (Phi) is 5.49. The average Bonchev–Trinajstić information content (AvgIpc) is 3.29. The first-order chi connectivity index (χ1) is 15.1. The van der Waals surface area contributed by atoms with Crippen molar-refractivity contribution < 1.29 is 29.1 Å². The van der Waals surface area contributed by atoms with E-state index in [-0.39, 0.29) is 6.54 Å². The van der Waals surface area contributed by atoms with E-state index in [0.717, 1.165) is 4.90 Å². The van der Waals surface area contributed by atoms with Crippen LogP contribution in [0.5, 0.6) is 0 Å². The molecule has 3 saturated heterocycles. The zero-order valence-corrected chi connectivity index (χ0v) is 18.2. The van der Waals surface area contributed by atoms with E-state index < -0.39 is 58.1 Å². The van der Waals surface area contributed by atoms with E-state index in [1.54, 1.807) is 44.2 Å². The number of carbonyl (C=O) groups excluding carboxylic acids is 4. The van der Waals surface area contributed by atoms with Crippen LogP contribution in [0.1, 0.15) is 25.5 Å². The number of nitrogens with one attached hydrogen (secondary N) is 3. The maximum absolute atomic E-state index is 13.1. The fraction of sp³-hybridized carbons (Fsp3) is 0.450. The van der Waals surface area contributed by atoms with Gasteiger partial charge in [-0.2, -0.15) is 0 Å². The number of nitrogens with zero attached hydrogens (tertiary/aromatic N) is 2. The molecule has 0 aliphatic carbocycles. The van der Waals surface area contributed by atoms with Gasteiger partial charge >= 0.3 is 18.0 Å². The first kappa shape index (κ1) is 21.9. The Bertz CT molecular complexity index is 986. The highest BCUT2D eigenvalue weighted by atomic mass is 32.2. The largest absolute Gasteiger partial charge is 0.480 e. The van der Waals surface area contributed by atoms with Gasteiger partial charge in [0.1, 0.15) is 23.5 Å². The first-order valence-corrected chi connectivity index (χ1v) is 10.9. The van der Waals surface area contributed by atoms with E-state index in [9.17, 15) is 29.1 Å². The number of rotatable bonds is 5. The number of hydrogen-bond donors (Lipinski definition) is 4. The van der Waals surface area contributed by atoms with Crippen molar-refractivity contribution in [2.75, 3.05) is 13.1 Å². The summed E-state index contributed by atoms with van der Waals surface area (Å²) in [7, 11) is 0.